The maximum Gasteiger partial charge on any atom is 0.221 e. The number of halogens is 1. The lowest BCUT2D eigenvalue weighted by Gasteiger charge is -2.30. The van der Waals surface area contributed by atoms with E-state index in [0.29, 0.717) is 24.0 Å². The lowest BCUT2D eigenvalue weighted by atomic mass is 9.84. The molecule has 0 aliphatic heterocycles. The Kier molecular flexibility index (Phi) is 3.73. The van der Waals surface area contributed by atoms with E-state index in [1.807, 2.05) is 0 Å². The molecule has 1 aliphatic rings. The fraction of sp³-hybridized carbons (Fsp3) is 0.462. The van der Waals surface area contributed by atoms with Crippen molar-refractivity contribution in [2.45, 2.75) is 31.9 Å². The second-order valence-electron chi connectivity index (χ2n) is 4.66. The van der Waals surface area contributed by atoms with Gasteiger partial charge in [-0.2, -0.15) is 0 Å². The van der Waals surface area contributed by atoms with Gasteiger partial charge in [0.05, 0.1) is 18.9 Å². The molecule has 0 saturated heterocycles. The minimum Gasteiger partial charge on any atom is -0.493 e. The fourth-order valence-electron chi connectivity index (χ4n) is 2.48. The lowest BCUT2D eigenvalue weighted by Crippen LogP contribution is -2.34. The first kappa shape index (κ1) is 13.8. The third-order valence-corrected chi connectivity index (χ3v) is 3.32. The highest BCUT2D eigenvalue weighted by atomic mass is 19.1. The Balaban J connectivity index is 2.63. The number of carbonyl (C=O) groups is 1. The number of ether oxygens (including phenoxy) is 1. The standard InChI is InChI=1S/C13H17FN2O3/c1-6(17)16-10-5-8(14)13(19-2)7-3-4-9(15)12(18)11(7)10/h5,9,12,18H,3-4,15H2,1-2H3,(H,16,17). The van der Waals surface area contributed by atoms with E-state index < -0.39 is 18.0 Å². The van der Waals surface area contributed by atoms with E-state index in [9.17, 15) is 14.3 Å². The SMILES string of the molecule is COc1c(F)cc(NC(C)=O)c2c1CCC(N)C2O. The smallest absolute Gasteiger partial charge is 0.221 e. The zero-order valence-electron chi connectivity index (χ0n) is 10.9. The summed E-state index contributed by atoms with van der Waals surface area (Å²) in [5.74, 6) is -0.791. The number of nitrogens with one attached hydrogen (secondary N) is 1. The van der Waals surface area contributed by atoms with E-state index >= 15 is 0 Å². The number of hydrogen-bond donors (Lipinski definition) is 3. The molecule has 1 aromatic rings. The number of aliphatic hydroxyl groups excluding tert-OH is 1. The van der Waals surface area contributed by atoms with Crippen molar-refractivity contribution in [2.24, 2.45) is 5.73 Å². The molecule has 0 heterocycles. The molecule has 1 aliphatic carbocycles. The first-order chi connectivity index (χ1) is 8.95. The van der Waals surface area contributed by atoms with Gasteiger partial charge >= 0.3 is 0 Å². The minimum atomic E-state index is -0.944. The zero-order chi connectivity index (χ0) is 14.2. The van der Waals surface area contributed by atoms with Crippen molar-refractivity contribution in [3.05, 3.63) is 23.0 Å². The average molecular weight is 268 g/mol. The highest BCUT2D eigenvalue weighted by molar-refractivity contribution is 5.90. The number of amides is 1. The average Bonchev–Trinajstić information content (AvgIpc) is 2.33. The van der Waals surface area contributed by atoms with Crippen LogP contribution >= 0.6 is 0 Å². The van der Waals surface area contributed by atoms with Gasteiger partial charge in [-0.15, -0.1) is 0 Å². The van der Waals surface area contributed by atoms with E-state index in [4.69, 9.17) is 10.5 Å². The van der Waals surface area contributed by atoms with Crippen molar-refractivity contribution in [1.82, 2.24) is 0 Å². The molecule has 2 unspecified atom stereocenters. The number of benzene rings is 1. The summed E-state index contributed by atoms with van der Waals surface area (Å²) in [5, 5.41) is 12.7. The molecular weight excluding hydrogens is 251 g/mol. The molecule has 0 radical (unpaired) electrons. The Morgan fingerprint density at radius 2 is 2.32 bits per heavy atom. The summed E-state index contributed by atoms with van der Waals surface area (Å²) >= 11 is 0. The van der Waals surface area contributed by atoms with Gasteiger partial charge in [0.1, 0.15) is 0 Å². The number of nitrogens with two attached hydrogens (primary N) is 1. The number of fused-ring (bicyclic) bond motifs is 1. The highest BCUT2D eigenvalue weighted by Crippen LogP contribution is 2.41. The molecular formula is C13H17FN2O3. The molecule has 1 amide bonds. The Morgan fingerprint density at radius 3 is 2.89 bits per heavy atom. The first-order valence-electron chi connectivity index (χ1n) is 6.06. The fourth-order valence-corrected chi connectivity index (χ4v) is 2.48. The van der Waals surface area contributed by atoms with Crippen molar-refractivity contribution in [2.75, 3.05) is 12.4 Å². The second-order valence-corrected chi connectivity index (χ2v) is 4.66. The Morgan fingerprint density at radius 1 is 1.63 bits per heavy atom. The summed E-state index contributed by atoms with van der Waals surface area (Å²) in [5.41, 5.74) is 7.10. The van der Waals surface area contributed by atoms with Gasteiger partial charge in [0.25, 0.3) is 0 Å². The van der Waals surface area contributed by atoms with Crippen LogP contribution in [0, 0.1) is 5.82 Å². The number of rotatable bonds is 2. The molecule has 104 valence electrons. The van der Waals surface area contributed by atoms with Crippen molar-refractivity contribution in [3.63, 3.8) is 0 Å². The molecule has 0 fully saturated rings. The van der Waals surface area contributed by atoms with E-state index in [1.165, 1.54) is 14.0 Å². The van der Waals surface area contributed by atoms with Crippen LogP contribution in [0.3, 0.4) is 0 Å². The van der Waals surface area contributed by atoms with Crippen molar-refractivity contribution in [1.29, 1.82) is 0 Å². The van der Waals surface area contributed by atoms with E-state index in [1.54, 1.807) is 0 Å². The predicted octanol–water partition coefficient (Wildman–Crippen LogP) is 1.10. The van der Waals surface area contributed by atoms with Crippen molar-refractivity contribution >= 4 is 11.6 Å². The van der Waals surface area contributed by atoms with Crippen LogP contribution in [0.2, 0.25) is 0 Å². The van der Waals surface area contributed by atoms with Gasteiger partial charge in [0, 0.05) is 30.2 Å². The van der Waals surface area contributed by atoms with Crippen LogP contribution in [0.4, 0.5) is 10.1 Å². The molecule has 2 rings (SSSR count). The third kappa shape index (κ3) is 2.41. The Hall–Kier alpha value is -1.66. The molecule has 6 heteroatoms. The van der Waals surface area contributed by atoms with E-state index in [0.717, 1.165) is 6.07 Å². The maximum atomic E-state index is 13.9. The van der Waals surface area contributed by atoms with Gasteiger partial charge in [0.15, 0.2) is 11.6 Å². The topological polar surface area (TPSA) is 84.6 Å². The molecule has 4 N–H and O–H groups in total. The van der Waals surface area contributed by atoms with Crippen molar-refractivity contribution < 1.29 is 19.0 Å². The Labute approximate surface area is 110 Å². The van der Waals surface area contributed by atoms with Gasteiger partial charge in [-0.1, -0.05) is 0 Å². The number of hydrogen-bond acceptors (Lipinski definition) is 4. The lowest BCUT2D eigenvalue weighted by molar-refractivity contribution is -0.114. The number of carbonyl (C=O) groups excluding carboxylic acids is 1. The maximum absolute atomic E-state index is 13.9. The summed E-state index contributed by atoms with van der Waals surface area (Å²) in [4.78, 5) is 11.2. The van der Waals surface area contributed by atoms with Crippen LogP contribution in [0.25, 0.3) is 0 Å². The normalized spacial score (nSPS) is 21.7. The number of methoxy groups -OCH3 is 1. The second kappa shape index (κ2) is 5.14. The minimum absolute atomic E-state index is 0.107. The highest BCUT2D eigenvalue weighted by Gasteiger charge is 2.32. The number of anilines is 1. The monoisotopic (exact) mass is 268 g/mol. The largest absolute Gasteiger partial charge is 0.493 e. The van der Waals surface area contributed by atoms with Crippen molar-refractivity contribution in [3.8, 4) is 5.75 Å². The summed E-state index contributed by atoms with van der Waals surface area (Å²) in [6.07, 6.45) is 0.0919. The van der Waals surface area contributed by atoms with Gasteiger partial charge < -0.3 is 20.9 Å². The van der Waals surface area contributed by atoms with Crippen LogP contribution in [-0.4, -0.2) is 24.2 Å². The molecule has 5 nitrogen and oxygen atoms in total. The van der Waals surface area contributed by atoms with Gasteiger partial charge in [-0.3, -0.25) is 4.79 Å². The Bertz CT molecular complexity index is 519. The molecule has 2 atom stereocenters. The molecule has 19 heavy (non-hydrogen) atoms. The van der Waals surface area contributed by atoms with Gasteiger partial charge in [0.2, 0.25) is 5.91 Å². The molecule has 1 aromatic carbocycles. The quantitative estimate of drug-likeness (QED) is 0.750. The van der Waals surface area contributed by atoms with Crippen LogP contribution in [-0.2, 0) is 11.2 Å². The van der Waals surface area contributed by atoms with Crippen LogP contribution in [0.5, 0.6) is 5.75 Å². The number of aliphatic hydroxyl groups is 1. The van der Waals surface area contributed by atoms with Gasteiger partial charge in [-0.25, -0.2) is 4.39 Å². The predicted molar refractivity (Wildman–Crippen MR) is 68.5 cm³/mol. The van der Waals surface area contributed by atoms with Crippen LogP contribution in [0.15, 0.2) is 6.07 Å². The summed E-state index contributed by atoms with van der Waals surface area (Å²) in [7, 11) is 1.37. The molecule has 0 bridgehead atoms. The van der Waals surface area contributed by atoms with Gasteiger partial charge in [-0.05, 0) is 12.8 Å². The third-order valence-electron chi connectivity index (χ3n) is 3.32. The molecule has 0 spiro atoms. The summed E-state index contributed by atoms with van der Waals surface area (Å²) < 4.78 is 19.0. The summed E-state index contributed by atoms with van der Waals surface area (Å²) in [6.45, 7) is 1.32. The molecule has 0 aromatic heterocycles. The van der Waals surface area contributed by atoms with E-state index in [-0.39, 0.29) is 17.3 Å². The van der Waals surface area contributed by atoms with Crippen LogP contribution in [0.1, 0.15) is 30.6 Å². The van der Waals surface area contributed by atoms with E-state index in [2.05, 4.69) is 5.32 Å². The molecule has 0 saturated carbocycles. The first-order valence-corrected chi connectivity index (χ1v) is 6.06. The summed E-state index contributed by atoms with van der Waals surface area (Å²) in [6, 6.07) is 0.718. The van der Waals surface area contributed by atoms with Crippen LogP contribution < -0.4 is 15.8 Å². The zero-order valence-corrected chi connectivity index (χ0v) is 10.9.